The van der Waals surface area contributed by atoms with Crippen molar-refractivity contribution < 1.29 is 9.13 Å². The highest BCUT2D eigenvalue weighted by atomic mass is 32.1. The lowest BCUT2D eigenvalue weighted by molar-refractivity contribution is 0.171. The minimum absolute atomic E-state index is 0.186. The molecule has 0 bridgehead atoms. The van der Waals surface area contributed by atoms with E-state index in [1.54, 1.807) is 12.1 Å². The van der Waals surface area contributed by atoms with Crippen LogP contribution >= 0.6 is 11.5 Å². The molecule has 0 aliphatic carbocycles. The van der Waals surface area contributed by atoms with Gasteiger partial charge in [0.15, 0.2) is 0 Å². The van der Waals surface area contributed by atoms with E-state index in [0.717, 1.165) is 42.6 Å². The zero-order chi connectivity index (χ0) is 13.9. The van der Waals surface area contributed by atoms with Crippen LogP contribution in [0.1, 0.15) is 18.7 Å². The van der Waals surface area contributed by atoms with Crippen molar-refractivity contribution in [3.63, 3.8) is 0 Å². The highest BCUT2D eigenvalue weighted by Crippen LogP contribution is 2.24. The van der Waals surface area contributed by atoms with Gasteiger partial charge in [0.05, 0.1) is 0 Å². The molecule has 1 saturated heterocycles. The number of rotatable bonds is 3. The van der Waals surface area contributed by atoms with Crippen molar-refractivity contribution in [1.82, 2.24) is 9.36 Å². The Labute approximate surface area is 121 Å². The molecule has 1 aromatic carbocycles. The first kappa shape index (κ1) is 13.3. The van der Waals surface area contributed by atoms with Crippen molar-refractivity contribution in [2.45, 2.75) is 25.9 Å². The fraction of sp³-hybridized carbons (Fsp3) is 0.429. The molecule has 106 valence electrons. The van der Waals surface area contributed by atoms with Crippen LogP contribution in [0.25, 0.3) is 0 Å². The Morgan fingerprint density at radius 3 is 2.55 bits per heavy atom. The van der Waals surface area contributed by atoms with Gasteiger partial charge in [-0.25, -0.2) is 9.37 Å². The number of aryl methyl sites for hydroxylation is 1. The van der Waals surface area contributed by atoms with Gasteiger partial charge >= 0.3 is 0 Å². The molecule has 20 heavy (non-hydrogen) atoms. The molecule has 1 aliphatic rings. The second-order valence-corrected chi connectivity index (χ2v) is 5.61. The predicted molar refractivity (Wildman–Crippen MR) is 76.9 cm³/mol. The topological polar surface area (TPSA) is 38.2 Å². The second-order valence-electron chi connectivity index (χ2n) is 4.88. The van der Waals surface area contributed by atoms with Crippen LogP contribution in [0.4, 0.5) is 9.52 Å². The lowest BCUT2D eigenvalue weighted by atomic mass is 10.1. The average Bonchev–Trinajstić information content (AvgIpc) is 2.89. The Balaban J connectivity index is 1.54. The number of benzene rings is 1. The van der Waals surface area contributed by atoms with Crippen LogP contribution in [-0.4, -0.2) is 28.6 Å². The molecular weight excluding hydrogens is 277 g/mol. The number of ether oxygens (including phenoxy) is 1. The van der Waals surface area contributed by atoms with Gasteiger partial charge in [-0.05, 0) is 31.2 Å². The summed E-state index contributed by atoms with van der Waals surface area (Å²) < 4.78 is 22.9. The van der Waals surface area contributed by atoms with E-state index < -0.39 is 0 Å². The monoisotopic (exact) mass is 293 g/mol. The van der Waals surface area contributed by atoms with Gasteiger partial charge in [0, 0.05) is 37.5 Å². The lowest BCUT2D eigenvalue weighted by Crippen LogP contribution is -2.38. The van der Waals surface area contributed by atoms with Gasteiger partial charge in [-0.1, -0.05) is 0 Å². The standard InChI is InChI=1S/C14H16FN3OS/c1-10-16-14(20-17-10)18-8-6-13(7-9-18)19-12-4-2-11(15)3-5-12/h2-5,13H,6-9H2,1H3. The molecule has 0 N–H and O–H groups in total. The molecule has 2 heterocycles. The molecule has 4 nitrogen and oxygen atoms in total. The van der Waals surface area contributed by atoms with Crippen molar-refractivity contribution in [1.29, 1.82) is 0 Å². The molecule has 6 heteroatoms. The normalized spacial score (nSPS) is 16.4. The van der Waals surface area contributed by atoms with E-state index in [-0.39, 0.29) is 11.9 Å². The van der Waals surface area contributed by atoms with Gasteiger partial charge in [0.1, 0.15) is 23.5 Å². The molecule has 0 spiro atoms. The van der Waals surface area contributed by atoms with Gasteiger partial charge in [-0.3, -0.25) is 0 Å². The summed E-state index contributed by atoms with van der Waals surface area (Å²) in [4.78, 5) is 6.65. The van der Waals surface area contributed by atoms with E-state index >= 15 is 0 Å². The molecular formula is C14H16FN3OS. The van der Waals surface area contributed by atoms with Crippen molar-refractivity contribution >= 4 is 16.7 Å². The number of hydrogen-bond donors (Lipinski definition) is 0. The smallest absolute Gasteiger partial charge is 0.205 e. The van der Waals surface area contributed by atoms with Gasteiger partial charge in [-0.15, -0.1) is 0 Å². The average molecular weight is 293 g/mol. The molecule has 1 aliphatic heterocycles. The van der Waals surface area contributed by atoms with Crippen LogP contribution < -0.4 is 9.64 Å². The Kier molecular flexibility index (Phi) is 3.82. The number of hydrogen-bond acceptors (Lipinski definition) is 5. The van der Waals surface area contributed by atoms with Gasteiger partial charge in [0.25, 0.3) is 0 Å². The predicted octanol–water partition coefficient (Wildman–Crippen LogP) is 3.03. The van der Waals surface area contributed by atoms with E-state index in [1.807, 2.05) is 6.92 Å². The molecule has 0 radical (unpaired) electrons. The minimum atomic E-state index is -0.237. The first-order chi connectivity index (χ1) is 9.70. The summed E-state index contributed by atoms with van der Waals surface area (Å²) in [5.74, 6) is 1.32. The molecule has 0 amide bonds. The minimum Gasteiger partial charge on any atom is -0.490 e. The summed E-state index contributed by atoms with van der Waals surface area (Å²) in [5.41, 5.74) is 0. The largest absolute Gasteiger partial charge is 0.490 e. The summed E-state index contributed by atoms with van der Waals surface area (Å²) in [6.07, 6.45) is 2.07. The molecule has 0 saturated carbocycles. The molecule has 1 fully saturated rings. The Hall–Kier alpha value is -1.69. The summed E-state index contributed by atoms with van der Waals surface area (Å²) in [5, 5.41) is 0.989. The van der Waals surface area contributed by atoms with Gasteiger partial charge in [-0.2, -0.15) is 4.37 Å². The molecule has 3 rings (SSSR count). The Bertz CT molecular complexity index is 564. The number of piperidine rings is 1. The van der Waals surface area contributed by atoms with Crippen LogP contribution in [0.2, 0.25) is 0 Å². The maximum absolute atomic E-state index is 12.8. The molecule has 0 unspecified atom stereocenters. The molecule has 2 aromatic rings. The van der Waals surface area contributed by atoms with Crippen LogP contribution in [-0.2, 0) is 0 Å². The highest BCUT2D eigenvalue weighted by molar-refractivity contribution is 7.09. The maximum Gasteiger partial charge on any atom is 0.205 e. The number of halogens is 1. The molecule has 0 atom stereocenters. The Morgan fingerprint density at radius 2 is 1.95 bits per heavy atom. The maximum atomic E-state index is 12.8. The van der Waals surface area contributed by atoms with E-state index in [2.05, 4.69) is 14.3 Å². The SMILES string of the molecule is Cc1nsc(N2CCC(Oc3ccc(F)cc3)CC2)n1. The number of anilines is 1. The summed E-state index contributed by atoms with van der Waals surface area (Å²) >= 11 is 1.45. The summed E-state index contributed by atoms with van der Waals surface area (Å²) in [7, 11) is 0. The van der Waals surface area contributed by atoms with E-state index in [9.17, 15) is 4.39 Å². The zero-order valence-corrected chi connectivity index (χ0v) is 12.1. The number of aromatic nitrogens is 2. The van der Waals surface area contributed by atoms with Crippen LogP contribution in [0.15, 0.2) is 24.3 Å². The lowest BCUT2D eigenvalue weighted by Gasteiger charge is -2.31. The third-order valence-electron chi connectivity index (χ3n) is 3.35. The first-order valence-corrected chi connectivity index (χ1v) is 7.45. The number of nitrogens with zero attached hydrogens (tertiary/aromatic N) is 3. The summed E-state index contributed by atoms with van der Waals surface area (Å²) in [6.45, 7) is 3.74. The Morgan fingerprint density at radius 1 is 1.25 bits per heavy atom. The third-order valence-corrected chi connectivity index (χ3v) is 4.21. The van der Waals surface area contributed by atoms with E-state index in [0.29, 0.717) is 0 Å². The van der Waals surface area contributed by atoms with Gasteiger partial charge in [0.2, 0.25) is 5.13 Å². The fourth-order valence-corrected chi connectivity index (χ4v) is 3.01. The third kappa shape index (κ3) is 3.07. The van der Waals surface area contributed by atoms with Crippen LogP contribution in [0.3, 0.4) is 0 Å². The second kappa shape index (κ2) is 5.75. The van der Waals surface area contributed by atoms with E-state index in [1.165, 1.54) is 23.7 Å². The van der Waals surface area contributed by atoms with Crippen LogP contribution in [0, 0.1) is 12.7 Å². The van der Waals surface area contributed by atoms with E-state index in [4.69, 9.17) is 4.74 Å². The molecule has 1 aromatic heterocycles. The summed E-state index contributed by atoms with van der Waals surface area (Å²) in [6, 6.07) is 6.20. The van der Waals surface area contributed by atoms with Crippen molar-refractivity contribution in [3.05, 3.63) is 35.9 Å². The fourth-order valence-electron chi connectivity index (χ4n) is 2.29. The van der Waals surface area contributed by atoms with Gasteiger partial charge < -0.3 is 9.64 Å². The zero-order valence-electron chi connectivity index (χ0n) is 11.3. The quantitative estimate of drug-likeness (QED) is 0.872. The van der Waals surface area contributed by atoms with Crippen molar-refractivity contribution in [2.75, 3.05) is 18.0 Å². The van der Waals surface area contributed by atoms with Crippen LogP contribution in [0.5, 0.6) is 5.75 Å². The van der Waals surface area contributed by atoms with Crippen molar-refractivity contribution in [2.24, 2.45) is 0 Å². The van der Waals surface area contributed by atoms with Crippen molar-refractivity contribution in [3.8, 4) is 5.75 Å². The first-order valence-electron chi connectivity index (χ1n) is 6.68. The highest BCUT2D eigenvalue weighted by Gasteiger charge is 2.22.